The number of unbranched alkanes of at least 4 members (excludes halogenated alkanes) is 33. The Morgan fingerprint density at radius 1 is 0.392 bits per heavy atom. The lowest BCUT2D eigenvalue weighted by Crippen LogP contribution is -2.62. The zero-order valence-electron chi connectivity index (χ0n) is 48.1. The summed E-state index contributed by atoms with van der Waals surface area (Å²) >= 11 is 0. The van der Waals surface area contributed by atoms with E-state index in [1.165, 1.54) is 116 Å². The first-order valence-corrected chi connectivity index (χ1v) is 30.8. The van der Waals surface area contributed by atoms with Crippen molar-refractivity contribution >= 4 is 29.8 Å². The van der Waals surface area contributed by atoms with Crippen LogP contribution in [-0.2, 0) is 38.2 Å². The van der Waals surface area contributed by atoms with Gasteiger partial charge in [-0.15, -0.1) is 0 Å². The fraction of sp³-hybridized carbons (Fsp3) is 0.825. The van der Waals surface area contributed by atoms with E-state index in [4.69, 9.17) is 19.9 Å². The molecule has 0 fully saturated rings. The van der Waals surface area contributed by atoms with Gasteiger partial charge in [-0.05, 0) is 103 Å². The van der Waals surface area contributed by atoms with Gasteiger partial charge in [0.05, 0.1) is 6.04 Å². The average molecular weight is 1040 g/mol. The molecular weight excluding hydrogens is 929 g/mol. The summed E-state index contributed by atoms with van der Waals surface area (Å²) < 4.78 is 17.3. The predicted octanol–water partition coefficient (Wildman–Crippen LogP) is 16.8. The number of hydrogen-bond donors (Lipinski definition) is 3. The van der Waals surface area contributed by atoms with Gasteiger partial charge in [0.1, 0.15) is 25.4 Å². The van der Waals surface area contributed by atoms with Crippen LogP contribution < -0.4 is 11.1 Å². The number of ether oxygens (including phenoxy) is 3. The van der Waals surface area contributed by atoms with Crippen molar-refractivity contribution in [2.75, 3.05) is 19.8 Å². The Bertz CT molecular complexity index is 1290. The molecule has 0 heterocycles. The standard InChI is InChI=1S/C63H114N2O9/c1-4-7-10-13-16-19-22-25-28-31-34-37-40-43-46-49-59(68)72-54-63(65-62(71)57(64)52-53-58(66)67,55-73-60(69)50-47-44-41-38-35-32-29-26-23-20-17-14-11-8-5-2)56-74-61(70)51-48-45-42-39-36-33-30-27-24-21-18-15-12-9-6-3/h25-30,57H,4-24,31-56,64H2,1-3H3,(H,65,71)(H,66,67)/b28-25-,29-26-,30-27?. The summed E-state index contributed by atoms with van der Waals surface area (Å²) in [6.07, 6.45) is 58.2. The molecule has 0 aromatic carbocycles. The molecule has 430 valence electrons. The fourth-order valence-electron chi connectivity index (χ4n) is 8.89. The second-order valence-corrected chi connectivity index (χ2v) is 21.3. The Hall–Kier alpha value is -3.47. The molecule has 0 bridgehead atoms. The lowest BCUT2D eigenvalue weighted by atomic mass is 10.0. The van der Waals surface area contributed by atoms with Gasteiger partial charge in [0.2, 0.25) is 5.91 Å². The van der Waals surface area contributed by atoms with Crippen molar-refractivity contribution in [1.82, 2.24) is 5.32 Å². The third kappa shape index (κ3) is 49.4. The molecule has 0 aliphatic carbocycles. The van der Waals surface area contributed by atoms with Crippen molar-refractivity contribution in [3.63, 3.8) is 0 Å². The van der Waals surface area contributed by atoms with Crippen LogP contribution in [0.1, 0.15) is 303 Å². The summed E-state index contributed by atoms with van der Waals surface area (Å²) in [6.45, 7) is 5.47. The van der Waals surface area contributed by atoms with Crippen LogP contribution in [0.5, 0.6) is 0 Å². The first kappa shape index (κ1) is 70.5. The van der Waals surface area contributed by atoms with Crippen LogP contribution in [0.2, 0.25) is 0 Å². The first-order valence-electron chi connectivity index (χ1n) is 30.8. The molecule has 74 heavy (non-hydrogen) atoms. The number of hydrogen-bond acceptors (Lipinski definition) is 9. The molecule has 11 nitrogen and oxygen atoms in total. The summed E-state index contributed by atoms with van der Waals surface area (Å²) in [5.41, 5.74) is 4.51. The Balaban J connectivity index is 5.34. The van der Waals surface area contributed by atoms with Crippen molar-refractivity contribution in [2.45, 2.75) is 315 Å². The molecule has 0 rings (SSSR count). The smallest absolute Gasteiger partial charge is 0.305 e. The van der Waals surface area contributed by atoms with Crippen LogP contribution in [0, 0.1) is 0 Å². The lowest BCUT2D eigenvalue weighted by molar-refractivity contribution is -0.159. The van der Waals surface area contributed by atoms with E-state index in [-0.39, 0.29) is 32.1 Å². The average Bonchev–Trinajstić information content (AvgIpc) is 3.39. The van der Waals surface area contributed by atoms with Crippen molar-refractivity contribution in [1.29, 1.82) is 0 Å². The molecule has 0 aromatic heterocycles. The third-order valence-electron chi connectivity index (χ3n) is 13.9. The molecule has 11 heteroatoms. The van der Waals surface area contributed by atoms with Gasteiger partial charge in [-0.2, -0.15) is 0 Å². The first-order chi connectivity index (χ1) is 36.1. The molecule has 0 aliphatic heterocycles. The molecule has 1 atom stereocenters. The molecule has 1 unspecified atom stereocenters. The molecular formula is C63H114N2O9. The SMILES string of the molecule is CCCCCCCCC=CCCCCCCCC(=O)OCC(COC(=O)CCCCCCC/C=C\CCCCCCCC)(COC(=O)CCCCCCC/C=C\CCCCCCCC)NC(=O)C(N)CCC(=O)O. The highest BCUT2D eigenvalue weighted by Gasteiger charge is 2.39. The highest BCUT2D eigenvalue weighted by Crippen LogP contribution is 2.18. The third-order valence-corrected chi connectivity index (χ3v) is 13.9. The van der Waals surface area contributed by atoms with Gasteiger partial charge in [-0.3, -0.25) is 24.0 Å². The van der Waals surface area contributed by atoms with Crippen LogP contribution in [0.15, 0.2) is 36.5 Å². The van der Waals surface area contributed by atoms with Gasteiger partial charge in [0.25, 0.3) is 0 Å². The van der Waals surface area contributed by atoms with E-state index in [0.29, 0.717) is 19.3 Å². The number of rotatable bonds is 56. The highest BCUT2D eigenvalue weighted by atomic mass is 16.6. The second-order valence-electron chi connectivity index (χ2n) is 21.3. The largest absolute Gasteiger partial charge is 0.481 e. The van der Waals surface area contributed by atoms with Crippen molar-refractivity contribution in [3.05, 3.63) is 36.5 Å². The number of carbonyl (C=O) groups excluding carboxylic acids is 4. The molecule has 0 saturated heterocycles. The van der Waals surface area contributed by atoms with Crippen LogP contribution in [0.4, 0.5) is 0 Å². The van der Waals surface area contributed by atoms with E-state index >= 15 is 0 Å². The summed E-state index contributed by atoms with van der Waals surface area (Å²) in [4.78, 5) is 64.4. The normalized spacial score (nSPS) is 12.3. The minimum atomic E-state index is -1.63. The fourth-order valence-corrected chi connectivity index (χ4v) is 8.89. The number of allylic oxidation sites excluding steroid dienone is 6. The van der Waals surface area contributed by atoms with Crippen molar-refractivity contribution in [3.8, 4) is 0 Å². The second kappa shape index (κ2) is 54.3. The van der Waals surface area contributed by atoms with Crippen LogP contribution >= 0.6 is 0 Å². The number of nitrogens with one attached hydrogen (secondary N) is 1. The topological polar surface area (TPSA) is 171 Å². The van der Waals surface area contributed by atoms with Gasteiger partial charge in [0.15, 0.2) is 0 Å². The molecule has 0 saturated carbocycles. The van der Waals surface area contributed by atoms with Crippen LogP contribution in [-0.4, -0.2) is 66.3 Å². The van der Waals surface area contributed by atoms with E-state index in [1.807, 2.05) is 0 Å². The zero-order valence-corrected chi connectivity index (χ0v) is 48.1. The Morgan fingerprint density at radius 2 is 0.635 bits per heavy atom. The maximum absolute atomic E-state index is 13.5. The molecule has 1 amide bonds. The number of carbonyl (C=O) groups is 5. The molecule has 0 spiro atoms. The molecule has 0 aromatic rings. The predicted molar refractivity (Wildman–Crippen MR) is 307 cm³/mol. The quantitative estimate of drug-likeness (QED) is 0.0230. The van der Waals surface area contributed by atoms with E-state index in [0.717, 1.165) is 116 Å². The zero-order chi connectivity index (χ0) is 54.3. The minimum absolute atomic E-state index is 0.142. The maximum atomic E-state index is 13.5. The maximum Gasteiger partial charge on any atom is 0.305 e. The number of aliphatic carboxylic acids is 1. The van der Waals surface area contributed by atoms with Gasteiger partial charge >= 0.3 is 23.9 Å². The number of amides is 1. The number of esters is 3. The van der Waals surface area contributed by atoms with Gasteiger partial charge < -0.3 is 30.4 Å². The summed E-state index contributed by atoms with van der Waals surface area (Å²) in [6, 6.07) is -1.21. The van der Waals surface area contributed by atoms with Gasteiger partial charge in [-0.1, -0.05) is 211 Å². The Labute approximate surface area is 453 Å². The Kier molecular flexibility index (Phi) is 51.8. The minimum Gasteiger partial charge on any atom is -0.481 e. The van der Waals surface area contributed by atoms with Gasteiger partial charge in [0, 0.05) is 25.7 Å². The number of carboxylic acids is 1. The molecule has 0 aliphatic rings. The summed E-state index contributed by atoms with van der Waals surface area (Å²) in [7, 11) is 0. The van der Waals surface area contributed by atoms with Crippen LogP contribution in [0.3, 0.4) is 0 Å². The highest BCUT2D eigenvalue weighted by molar-refractivity contribution is 5.83. The molecule has 0 radical (unpaired) electrons. The van der Waals surface area contributed by atoms with Gasteiger partial charge in [-0.25, -0.2) is 0 Å². The van der Waals surface area contributed by atoms with Crippen LogP contribution in [0.25, 0.3) is 0 Å². The van der Waals surface area contributed by atoms with E-state index in [9.17, 15) is 29.1 Å². The van der Waals surface area contributed by atoms with Crippen molar-refractivity contribution in [2.24, 2.45) is 5.73 Å². The Morgan fingerprint density at radius 3 is 0.892 bits per heavy atom. The summed E-state index contributed by atoms with van der Waals surface area (Å²) in [5, 5.41) is 12.0. The van der Waals surface area contributed by atoms with E-state index < -0.39 is 61.2 Å². The van der Waals surface area contributed by atoms with Crippen molar-refractivity contribution < 1.29 is 43.3 Å². The monoisotopic (exact) mass is 1040 g/mol. The summed E-state index contributed by atoms with van der Waals surface area (Å²) in [5.74, 6) is -3.25. The molecule has 4 N–H and O–H groups in total. The lowest BCUT2D eigenvalue weighted by Gasteiger charge is -2.34. The number of carboxylic acid groups (broad SMARTS) is 1. The van der Waals surface area contributed by atoms with E-state index in [1.54, 1.807) is 0 Å². The van der Waals surface area contributed by atoms with E-state index in [2.05, 4.69) is 62.5 Å². The number of nitrogens with two attached hydrogens (primary N) is 1.